The van der Waals surface area contributed by atoms with Gasteiger partial charge in [-0.3, -0.25) is 4.79 Å². The molecule has 0 aliphatic rings. The van der Waals surface area contributed by atoms with Crippen LogP contribution < -0.4 is 5.43 Å². The van der Waals surface area contributed by atoms with Gasteiger partial charge in [0.05, 0.1) is 21.2 Å². The molecule has 2 aromatic carbocycles. The lowest BCUT2D eigenvalue weighted by molar-refractivity contribution is 0.0697. The number of nitrogens with zero attached hydrogens (tertiary/aromatic N) is 1. The number of carbonyl (C=O) groups is 1. The topological polar surface area (TPSA) is 105 Å². The quantitative estimate of drug-likeness (QED) is 0.726. The summed E-state index contributed by atoms with van der Waals surface area (Å²) in [4.78, 5) is 23.6. The Bertz CT molecular complexity index is 1140. The SMILES string of the molecule is CN(C)S(=O)(=O)c1ccc2c(=O)c3cc(C(=O)O)ccc3oc2c1. The van der Waals surface area contributed by atoms with E-state index in [1.807, 2.05) is 0 Å². The molecule has 0 spiro atoms. The predicted molar refractivity (Wildman–Crippen MR) is 87.8 cm³/mol. The Labute approximate surface area is 136 Å². The second-order valence-electron chi connectivity index (χ2n) is 5.39. The smallest absolute Gasteiger partial charge is 0.335 e. The van der Waals surface area contributed by atoms with Crippen molar-refractivity contribution in [3.63, 3.8) is 0 Å². The minimum atomic E-state index is -3.66. The Balaban J connectivity index is 2.34. The van der Waals surface area contributed by atoms with Crippen molar-refractivity contribution in [3.05, 3.63) is 52.2 Å². The van der Waals surface area contributed by atoms with Crippen LogP contribution >= 0.6 is 0 Å². The Kier molecular flexibility index (Phi) is 3.66. The van der Waals surface area contributed by atoms with Gasteiger partial charge in [0, 0.05) is 20.2 Å². The maximum atomic E-state index is 12.5. The third kappa shape index (κ3) is 2.45. The predicted octanol–water partition coefficient (Wildman–Crippen LogP) is 1.89. The monoisotopic (exact) mass is 347 g/mol. The molecular weight excluding hydrogens is 334 g/mol. The molecule has 0 unspecified atom stereocenters. The van der Waals surface area contributed by atoms with Crippen LogP contribution in [0.3, 0.4) is 0 Å². The lowest BCUT2D eigenvalue weighted by Crippen LogP contribution is -2.22. The molecule has 0 atom stereocenters. The summed E-state index contributed by atoms with van der Waals surface area (Å²) < 4.78 is 31.0. The Morgan fingerprint density at radius 2 is 1.75 bits per heavy atom. The molecule has 3 rings (SSSR count). The van der Waals surface area contributed by atoms with Crippen molar-refractivity contribution in [1.82, 2.24) is 4.31 Å². The van der Waals surface area contributed by atoms with Gasteiger partial charge in [0.25, 0.3) is 0 Å². The molecule has 1 N–H and O–H groups in total. The zero-order valence-electron chi connectivity index (χ0n) is 12.8. The number of sulfonamides is 1. The van der Waals surface area contributed by atoms with Gasteiger partial charge in [-0.05, 0) is 30.3 Å². The van der Waals surface area contributed by atoms with Crippen LogP contribution in [-0.4, -0.2) is 37.9 Å². The number of aromatic carboxylic acids is 1. The van der Waals surface area contributed by atoms with E-state index in [2.05, 4.69) is 0 Å². The Hall–Kier alpha value is -2.71. The summed E-state index contributed by atoms with van der Waals surface area (Å²) in [5.74, 6) is -1.15. The summed E-state index contributed by atoms with van der Waals surface area (Å²) in [7, 11) is -0.846. The number of benzene rings is 2. The van der Waals surface area contributed by atoms with Gasteiger partial charge in [0.15, 0.2) is 0 Å². The van der Waals surface area contributed by atoms with Crippen LogP contribution in [0.2, 0.25) is 0 Å². The molecule has 0 saturated heterocycles. The molecule has 0 radical (unpaired) electrons. The van der Waals surface area contributed by atoms with Crippen LogP contribution in [0.1, 0.15) is 10.4 Å². The molecule has 0 bridgehead atoms. The molecule has 0 saturated carbocycles. The number of rotatable bonds is 3. The first-order chi connectivity index (χ1) is 11.2. The van der Waals surface area contributed by atoms with Crippen molar-refractivity contribution in [2.45, 2.75) is 4.90 Å². The van der Waals surface area contributed by atoms with Gasteiger partial charge in [-0.15, -0.1) is 0 Å². The van der Waals surface area contributed by atoms with Gasteiger partial charge in [-0.25, -0.2) is 17.5 Å². The van der Waals surface area contributed by atoms with Gasteiger partial charge in [-0.2, -0.15) is 0 Å². The summed E-state index contributed by atoms with van der Waals surface area (Å²) in [6.45, 7) is 0. The minimum absolute atomic E-state index is 0.00431. The van der Waals surface area contributed by atoms with E-state index < -0.39 is 21.4 Å². The first kappa shape index (κ1) is 16.2. The highest BCUT2D eigenvalue weighted by Gasteiger charge is 2.19. The fraction of sp³-hybridized carbons (Fsp3) is 0.125. The molecule has 24 heavy (non-hydrogen) atoms. The number of carboxylic acid groups (broad SMARTS) is 1. The summed E-state index contributed by atoms with van der Waals surface area (Å²) in [6.07, 6.45) is 0. The van der Waals surface area contributed by atoms with Gasteiger partial charge in [0.2, 0.25) is 15.5 Å². The van der Waals surface area contributed by atoms with E-state index in [1.165, 1.54) is 50.5 Å². The fourth-order valence-electron chi connectivity index (χ4n) is 2.34. The number of fused-ring (bicyclic) bond motifs is 2. The van der Waals surface area contributed by atoms with E-state index in [0.29, 0.717) is 0 Å². The van der Waals surface area contributed by atoms with Crippen molar-refractivity contribution < 1.29 is 22.7 Å². The van der Waals surface area contributed by atoms with Crippen molar-refractivity contribution in [2.24, 2.45) is 0 Å². The van der Waals surface area contributed by atoms with Crippen LogP contribution in [0.4, 0.5) is 0 Å². The molecule has 3 aromatic rings. The van der Waals surface area contributed by atoms with E-state index in [-0.39, 0.29) is 32.4 Å². The number of carboxylic acids is 1. The van der Waals surface area contributed by atoms with Crippen LogP contribution in [0, 0.1) is 0 Å². The van der Waals surface area contributed by atoms with Crippen LogP contribution in [-0.2, 0) is 10.0 Å². The number of hydrogen-bond acceptors (Lipinski definition) is 5. The Morgan fingerprint density at radius 1 is 1.04 bits per heavy atom. The summed E-state index contributed by atoms with van der Waals surface area (Å²) >= 11 is 0. The van der Waals surface area contributed by atoms with Crippen LogP contribution in [0.15, 0.2) is 50.5 Å². The van der Waals surface area contributed by atoms with Crippen LogP contribution in [0.5, 0.6) is 0 Å². The zero-order valence-corrected chi connectivity index (χ0v) is 13.6. The molecule has 0 aliphatic carbocycles. The summed E-state index contributed by atoms with van der Waals surface area (Å²) in [5, 5.41) is 9.34. The largest absolute Gasteiger partial charge is 0.478 e. The molecule has 7 nitrogen and oxygen atoms in total. The van der Waals surface area contributed by atoms with Crippen molar-refractivity contribution in [1.29, 1.82) is 0 Å². The molecular formula is C16H13NO6S. The van der Waals surface area contributed by atoms with E-state index in [9.17, 15) is 18.0 Å². The molecule has 0 fully saturated rings. The molecule has 0 amide bonds. The highest BCUT2D eigenvalue weighted by atomic mass is 32.2. The van der Waals surface area contributed by atoms with E-state index in [4.69, 9.17) is 9.52 Å². The lowest BCUT2D eigenvalue weighted by Gasteiger charge is -2.11. The van der Waals surface area contributed by atoms with Crippen molar-refractivity contribution in [3.8, 4) is 0 Å². The highest BCUT2D eigenvalue weighted by molar-refractivity contribution is 7.89. The maximum Gasteiger partial charge on any atom is 0.335 e. The summed E-state index contributed by atoms with van der Waals surface area (Å²) in [6, 6.07) is 7.92. The van der Waals surface area contributed by atoms with E-state index >= 15 is 0 Å². The van der Waals surface area contributed by atoms with Gasteiger partial charge < -0.3 is 9.52 Å². The third-order valence-electron chi connectivity index (χ3n) is 3.67. The highest BCUT2D eigenvalue weighted by Crippen LogP contribution is 2.23. The molecule has 0 aliphatic heterocycles. The maximum absolute atomic E-state index is 12.5. The molecule has 1 heterocycles. The van der Waals surface area contributed by atoms with Crippen LogP contribution in [0.25, 0.3) is 21.9 Å². The Morgan fingerprint density at radius 3 is 2.38 bits per heavy atom. The summed E-state index contributed by atoms with van der Waals surface area (Å²) in [5.41, 5.74) is -0.125. The minimum Gasteiger partial charge on any atom is -0.478 e. The fourth-order valence-corrected chi connectivity index (χ4v) is 3.26. The lowest BCUT2D eigenvalue weighted by atomic mass is 10.1. The van der Waals surface area contributed by atoms with Gasteiger partial charge >= 0.3 is 5.97 Å². The van der Waals surface area contributed by atoms with Gasteiger partial charge in [0.1, 0.15) is 11.2 Å². The van der Waals surface area contributed by atoms with Crippen molar-refractivity contribution in [2.75, 3.05) is 14.1 Å². The van der Waals surface area contributed by atoms with E-state index in [0.717, 1.165) is 4.31 Å². The molecule has 1 aromatic heterocycles. The van der Waals surface area contributed by atoms with Gasteiger partial charge in [-0.1, -0.05) is 0 Å². The third-order valence-corrected chi connectivity index (χ3v) is 5.48. The first-order valence-corrected chi connectivity index (χ1v) is 8.32. The first-order valence-electron chi connectivity index (χ1n) is 6.88. The number of hydrogen-bond donors (Lipinski definition) is 1. The normalized spacial score (nSPS) is 12.1. The zero-order chi connectivity index (χ0) is 17.6. The standard InChI is InChI=1S/C16H13NO6S/c1-17(2)24(21,22)10-4-5-11-14(8-10)23-13-6-3-9(16(19)20)7-12(13)15(11)18/h3-8H,1-2H3,(H,19,20). The molecule has 124 valence electrons. The second kappa shape index (κ2) is 5.43. The van der Waals surface area contributed by atoms with Crippen molar-refractivity contribution >= 4 is 37.9 Å². The molecule has 8 heteroatoms. The average molecular weight is 347 g/mol. The second-order valence-corrected chi connectivity index (χ2v) is 7.54. The van der Waals surface area contributed by atoms with E-state index in [1.54, 1.807) is 0 Å². The average Bonchev–Trinajstić information content (AvgIpc) is 2.54.